The zero-order valence-corrected chi connectivity index (χ0v) is 17.4. The molecule has 0 atom stereocenters. The number of nitrogens with zero attached hydrogens (tertiary/aromatic N) is 3. The zero-order valence-electron chi connectivity index (χ0n) is 16.6. The minimum atomic E-state index is -3.13. The van der Waals surface area contributed by atoms with Crippen LogP contribution in [-0.2, 0) is 14.6 Å². The number of rotatable bonds is 5. The van der Waals surface area contributed by atoms with Crippen molar-refractivity contribution in [3.63, 3.8) is 0 Å². The Kier molecular flexibility index (Phi) is 4.97. The van der Waals surface area contributed by atoms with E-state index in [1.807, 2.05) is 41.7 Å². The van der Waals surface area contributed by atoms with E-state index >= 15 is 0 Å². The molecule has 0 spiro atoms. The van der Waals surface area contributed by atoms with Crippen molar-refractivity contribution in [3.05, 3.63) is 41.5 Å². The summed E-state index contributed by atoms with van der Waals surface area (Å²) in [5, 5.41) is 13.1. The third-order valence-electron chi connectivity index (χ3n) is 5.65. The van der Waals surface area contributed by atoms with Gasteiger partial charge in [0.05, 0.1) is 22.3 Å². The first-order valence-corrected chi connectivity index (χ1v) is 11.7. The van der Waals surface area contributed by atoms with E-state index in [9.17, 15) is 13.7 Å². The third-order valence-corrected chi connectivity index (χ3v) is 6.79. The molecule has 0 amide bonds. The van der Waals surface area contributed by atoms with Crippen molar-refractivity contribution in [3.8, 4) is 6.07 Å². The molecule has 7 nitrogen and oxygen atoms in total. The molecule has 1 aliphatic rings. The lowest BCUT2D eigenvalue weighted by Gasteiger charge is -2.37. The lowest BCUT2D eigenvalue weighted by atomic mass is 9.82. The molecule has 3 aromatic rings. The van der Waals surface area contributed by atoms with Crippen LogP contribution in [0.1, 0.15) is 24.0 Å². The van der Waals surface area contributed by atoms with Gasteiger partial charge in [0.1, 0.15) is 21.7 Å². The van der Waals surface area contributed by atoms with Gasteiger partial charge < -0.3 is 10.1 Å². The lowest BCUT2D eigenvalue weighted by molar-refractivity contribution is 0.0315. The number of ether oxygens (including phenoxy) is 1. The van der Waals surface area contributed by atoms with Crippen molar-refractivity contribution in [2.24, 2.45) is 5.41 Å². The molecule has 0 saturated carbocycles. The monoisotopic (exact) mass is 412 g/mol. The second-order valence-electron chi connectivity index (χ2n) is 7.99. The molecule has 0 bridgehead atoms. The average Bonchev–Trinajstić information content (AvgIpc) is 3.05. The number of para-hydroxylation sites is 2. The first-order valence-electron chi connectivity index (χ1n) is 9.62. The molecule has 1 N–H and O–H groups in total. The smallest absolute Gasteiger partial charge is 0.157 e. The van der Waals surface area contributed by atoms with Crippen LogP contribution in [0.25, 0.3) is 16.7 Å². The molecule has 152 valence electrons. The molecule has 2 aromatic heterocycles. The summed E-state index contributed by atoms with van der Waals surface area (Å²) in [6, 6.07) is 12.0. The Bertz CT molecular complexity index is 1220. The van der Waals surface area contributed by atoms with Gasteiger partial charge in [-0.05, 0) is 43.5 Å². The Labute approximate surface area is 170 Å². The number of sulfone groups is 1. The van der Waals surface area contributed by atoms with E-state index in [0.29, 0.717) is 43.8 Å². The highest BCUT2D eigenvalue weighted by molar-refractivity contribution is 7.90. The molecular formula is C21H24N4O3S. The van der Waals surface area contributed by atoms with Gasteiger partial charge in [-0.1, -0.05) is 12.1 Å². The summed E-state index contributed by atoms with van der Waals surface area (Å²) >= 11 is 0. The van der Waals surface area contributed by atoms with E-state index in [1.54, 1.807) is 0 Å². The van der Waals surface area contributed by atoms with Crippen molar-refractivity contribution >= 4 is 32.3 Å². The van der Waals surface area contributed by atoms with E-state index in [2.05, 4.69) is 16.4 Å². The van der Waals surface area contributed by atoms with Gasteiger partial charge in [-0.15, -0.1) is 0 Å². The first-order chi connectivity index (χ1) is 13.8. The van der Waals surface area contributed by atoms with Gasteiger partial charge in [-0.2, -0.15) is 5.26 Å². The number of anilines is 1. The lowest BCUT2D eigenvalue weighted by Crippen LogP contribution is -2.41. The van der Waals surface area contributed by atoms with Crippen LogP contribution in [0.4, 0.5) is 5.82 Å². The topological polar surface area (TPSA) is 96.5 Å². The summed E-state index contributed by atoms with van der Waals surface area (Å²) in [4.78, 5) is 4.66. The Balaban J connectivity index is 1.79. The van der Waals surface area contributed by atoms with E-state index in [-0.39, 0.29) is 11.2 Å². The summed E-state index contributed by atoms with van der Waals surface area (Å²) in [7, 11) is -3.13. The number of hydrogen-bond donors (Lipinski definition) is 1. The summed E-state index contributed by atoms with van der Waals surface area (Å²) < 4.78 is 31.6. The van der Waals surface area contributed by atoms with Gasteiger partial charge in [-0.3, -0.25) is 4.40 Å². The number of benzene rings is 1. The maximum Gasteiger partial charge on any atom is 0.157 e. The molecule has 0 unspecified atom stereocenters. The van der Waals surface area contributed by atoms with Gasteiger partial charge in [0.2, 0.25) is 0 Å². The van der Waals surface area contributed by atoms with Crippen LogP contribution in [0.15, 0.2) is 30.3 Å². The fourth-order valence-electron chi connectivity index (χ4n) is 4.23. The average molecular weight is 413 g/mol. The van der Waals surface area contributed by atoms with E-state index in [1.165, 1.54) is 6.26 Å². The number of nitrogens with one attached hydrogen (secondary N) is 1. The first kappa shape index (κ1) is 19.7. The van der Waals surface area contributed by atoms with Gasteiger partial charge in [-0.25, -0.2) is 13.4 Å². The van der Waals surface area contributed by atoms with Crippen LogP contribution in [0.5, 0.6) is 0 Å². The molecule has 1 aliphatic heterocycles. The molecule has 1 saturated heterocycles. The Hall–Kier alpha value is -2.63. The summed E-state index contributed by atoms with van der Waals surface area (Å²) in [6.45, 7) is 3.53. The quantitative estimate of drug-likeness (QED) is 0.692. The molecular weight excluding hydrogens is 388 g/mol. The highest BCUT2D eigenvalue weighted by atomic mass is 32.2. The molecule has 4 rings (SSSR count). The second kappa shape index (κ2) is 7.32. The summed E-state index contributed by atoms with van der Waals surface area (Å²) in [6.07, 6.45) is 2.67. The van der Waals surface area contributed by atoms with Crippen molar-refractivity contribution in [1.82, 2.24) is 9.38 Å². The van der Waals surface area contributed by atoms with Gasteiger partial charge in [0.25, 0.3) is 0 Å². The number of hydrogen-bond acceptors (Lipinski definition) is 6. The number of imidazole rings is 1. The van der Waals surface area contributed by atoms with Crippen LogP contribution in [0.3, 0.4) is 0 Å². The van der Waals surface area contributed by atoms with Crippen LogP contribution in [0, 0.1) is 23.7 Å². The van der Waals surface area contributed by atoms with Gasteiger partial charge in [0, 0.05) is 31.4 Å². The molecule has 0 aliphatic carbocycles. The number of nitriles is 1. The predicted molar refractivity (Wildman–Crippen MR) is 113 cm³/mol. The van der Waals surface area contributed by atoms with E-state index < -0.39 is 9.84 Å². The molecule has 1 fully saturated rings. The van der Waals surface area contributed by atoms with Crippen molar-refractivity contribution in [1.29, 1.82) is 5.26 Å². The van der Waals surface area contributed by atoms with Gasteiger partial charge >= 0.3 is 0 Å². The standard InChI is InChI=1S/C21H24N4O3S/c1-15-11-19(23-13-21(14-29(2,26)27)7-9-28-10-8-21)25-18-6-4-3-5-17(18)24-20(25)16(15)12-22/h3-6,11,23H,7-10,13-14H2,1-2H3. The van der Waals surface area contributed by atoms with Crippen LogP contribution in [0.2, 0.25) is 0 Å². The summed E-state index contributed by atoms with van der Waals surface area (Å²) in [5.41, 5.74) is 3.34. The molecule has 29 heavy (non-hydrogen) atoms. The fourth-order valence-corrected chi connectivity index (χ4v) is 5.74. The molecule has 8 heteroatoms. The number of pyridine rings is 1. The highest BCUT2D eigenvalue weighted by Crippen LogP contribution is 2.34. The number of aryl methyl sites for hydroxylation is 1. The molecule has 3 heterocycles. The number of fused-ring (bicyclic) bond motifs is 3. The maximum atomic E-state index is 12.1. The van der Waals surface area contributed by atoms with Crippen molar-refractivity contribution in [2.75, 3.05) is 37.1 Å². The van der Waals surface area contributed by atoms with E-state index in [4.69, 9.17) is 4.74 Å². The minimum absolute atomic E-state index is 0.124. The van der Waals surface area contributed by atoms with Crippen LogP contribution in [-0.4, -0.2) is 49.6 Å². The zero-order chi connectivity index (χ0) is 20.6. The molecule has 0 radical (unpaired) electrons. The minimum Gasteiger partial charge on any atom is -0.381 e. The predicted octanol–water partition coefficient (Wildman–Crippen LogP) is 2.92. The van der Waals surface area contributed by atoms with Crippen molar-refractivity contribution < 1.29 is 13.2 Å². The fraction of sp³-hybridized carbons (Fsp3) is 0.429. The molecule has 1 aromatic carbocycles. The summed E-state index contributed by atoms with van der Waals surface area (Å²) in [5.74, 6) is 0.934. The number of aromatic nitrogens is 2. The second-order valence-corrected chi connectivity index (χ2v) is 10.1. The SMILES string of the molecule is Cc1cc(NCC2(CS(C)(=O)=O)CCOCC2)n2c(nc3ccccc32)c1C#N. The Morgan fingerprint density at radius 2 is 2.03 bits per heavy atom. The Morgan fingerprint density at radius 1 is 1.31 bits per heavy atom. The highest BCUT2D eigenvalue weighted by Gasteiger charge is 2.36. The Morgan fingerprint density at radius 3 is 2.72 bits per heavy atom. The largest absolute Gasteiger partial charge is 0.381 e. The normalized spacial score (nSPS) is 16.7. The third kappa shape index (κ3) is 3.80. The maximum absolute atomic E-state index is 12.1. The van der Waals surface area contributed by atoms with Crippen LogP contribution >= 0.6 is 0 Å². The van der Waals surface area contributed by atoms with Gasteiger partial charge in [0.15, 0.2) is 5.65 Å². The van der Waals surface area contributed by atoms with Crippen LogP contribution < -0.4 is 5.32 Å². The van der Waals surface area contributed by atoms with Crippen molar-refractivity contribution in [2.45, 2.75) is 19.8 Å². The van der Waals surface area contributed by atoms with E-state index in [0.717, 1.165) is 22.4 Å².